The molecular formula is C24H22F3N7O3. The van der Waals surface area contributed by atoms with Crippen molar-refractivity contribution in [2.24, 2.45) is 5.73 Å². The zero-order valence-electron chi connectivity index (χ0n) is 19.7. The van der Waals surface area contributed by atoms with Crippen molar-refractivity contribution in [3.8, 4) is 34.5 Å². The van der Waals surface area contributed by atoms with Gasteiger partial charge in [0.15, 0.2) is 17.7 Å². The molecule has 2 aromatic heterocycles. The molecule has 0 aliphatic carbocycles. The molecule has 5 rings (SSSR count). The molecule has 13 heteroatoms. The predicted octanol–water partition coefficient (Wildman–Crippen LogP) is 3.72. The second kappa shape index (κ2) is 9.24. The van der Waals surface area contributed by atoms with Crippen LogP contribution >= 0.6 is 0 Å². The molecule has 4 aromatic rings. The number of carbonyl (C=O) groups excluding carboxylic acids is 1. The summed E-state index contributed by atoms with van der Waals surface area (Å²) in [5.74, 6) is 0.0711. The Morgan fingerprint density at radius 2 is 1.95 bits per heavy atom. The van der Waals surface area contributed by atoms with Crippen LogP contribution in [0.2, 0.25) is 0 Å². The van der Waals surface area contributed by atoms with Gasteiger partial charge in [-0.15, -0.1) is 10.2 Å². The molecule has 1 aliphatic heterocycles. The van der Waals surface area contributed by atoms with Crippen LogP contribution < -0.4 is 21.1 Å². The molecule has 0 fully saturated rings. The summed E-state index contributed by atoms with van der Waals surface area (Å²) in [6.07, 6.45) is -4.97. The predicted molar refractivity (Wildman–Crippen MR) is 127 cm³/mol. The number of fused-ring (bicyclic) bond motifs is 1. The molecular weight excluding hydrogens is 491 g/mol. The topological polar surface area (TPSA) is 133 Å². The molecule has 0 bridgehead atoms. The maximum atomic E-state index is 13.6. The van der Waals surface area contributed by atoms with E-state index < -0.39 is 17.9 Å². The maximum Gasteiger partial charge on any atom is 0.435 e. The molecule has 1 aliphatic rings. The molecule has 0 saturated carbocycles. The summed E-state index contributed by atoms with van der Waals surface area (Å²) in [7, 11) is 0. The first-order valence-electron chi connectivity index (χ1n) is 11.3. The normalized spacial score (nSPS) is 15.6. The Bertz CT molecular complexity index is 1460. The van der Waals surface area contributed by atoms with Gasteiger partial charge in [0, 0.05) is 12.6 Å². The number of halogens is 3. The summed E-state index contributed by atoms with van der Waals surface area (Å²) >= 11 is 0. The van der Waals surface area contributed by atoms with Crippen molar-refractivity contribution in [2.45, 2.75) is 38.8 Å². The molecule has 192 valence electrons. The molecule has 37 heavy (non-hydrogen) atoms. The van der Waals surface area contributed by atoms with E-state index >= 15 is 0 Å². The number of nitrogens with two attached hydrogens (primary N) is 1. The van der Waals surface area contributed by atoms with Crippen LogP contribution in [0.3, 0.4) is 0 Å². The highest BCUT2D eigenvalue weighted by molar-refractivity contribution is 5.81. The Kier molecular flexibility index (Phi) is 6.07. The van der Waals surface area contributed by atoms with Crippen LogP contribution in [-0.4, -0.2) is 38.2 Å². The summed E-state index contributed by atoms with van der Waals surface area (Å²) in [6, 6.07) is 12.0. The van der Waals surface area contributed by atoms with Crippen molar-refractivity contribution < 1.29 is 27.1 Å². The molecule has 2 atom stereocenters. The summed E-state index contributed by atoms with van der Waals surface area (Å²) in [4.78, 5) is 11.8. The third kappa shape index (κ3) is 4.85. The maximum absolute atomic E-state index is 13.6. The Morgan fingerprint density at radius 3 is 2.70 bits per heavy atom. The van der Waals surface area contributed by atoms with Crippen LogP contribution in [0, 0.1) is 0 Å². The van der Waals surface area contributed by atoms with E-state index in [0.29, 0.717) is 22.6 Å². The third-order valence-electron chi connectivity index (χ3n) is 5.58. The number of hydrogen-bond donors (Lipinski definition) is 3. The number of amides is 1. The number of anilines is 1. The Hall–Kier alpha value is -4.39. The number of carbonyl (C=O) groups is 1. The SMILES string of the molecule is CC1Nc2cccc(-c3nnc(-c4cc(C(F)(F)F)nn4-c4cccc(CNC(=O)[C@H](C)N)c4)o3)c2O1. The summed E-state index contributed by atoms with van der Waals surface area (Å²) in [5, 5.41) is 17.6. The first kappa shape index (κ1) is 24.3. The minimum Gasteiger partial charge on any atom is -0.468 e. The van der Waals surface area contributed by atoms with Crippen molar-refractivity contribution >= 4 is 11.6 Å². The van der Waals surface area contributed by atoms with E-state index in [-0.39, 0.29) is 36.2 Å². The van der Waals surface area contributed by atoms with Gasteiger partial charge in [0.25, 0.3) is 11.8 Å². The van der Waals surface area contributed by atoms with Gasteiger partial charge in [-0.25, -0.2) is 4.68 Å². The molecule has 4 N–H and O–H groups in total. The lowest BCUT2D eigenvalue weighted by atomic mass is 10.2. The quantitative estimate of drug-likeness (QED) is 0.355. The van der Waals surface area contributed by atoms with Gasteiger partial charge >= 0.3 is 6.18 Å². The molecule has 1 unspecified atom stereocenters. The van der Waals surface area contributed by atoms with Gasteiger partial charge in [-0.05, 0) is 43.7 Å². The van der Waals surface area contributed by atoms with E-state index in [1.54, 1.807) is 43.3 Å². The van der Waals surface area contributed by atoms with Gasteiger partial charge in [0.2, 0.25) is 5.91 Å². The van der Waals surface area contributed by atoms with Crippen LogP contribution in [0.5, 0.6) is 5.75 Å². The fraction of sp³-hybridized carbons (Fsp3) is 0.250. The number of hydrogen-bond acceptors (Lipinski definition) is 8. The minimum absolute atomic E-state index is 0.0529. The molecule has 0 radical (unpaired) electrons. The standard InChI is InChI=1S/C24H22F3N7O3/c1-12(28)21(35)29-11-14-5-3-6-15(9-14)34-18(10-19(33-34)24(25,26)27)23-32-31-22(37-23)16-7-4-8-17-20(16)36-13(2)30-17/h3-10,12-13,30H,11,28H2,1-2H3,(H,29,35)/t12-,13?/m0/s1. The van der Waals surface area contributed by atoms with Gasteiger partial charge in [-0.3, -0.25) is 4.79 Å². The first-order valence-corrected chi connectivity index (χ1v) is 11.3. The largest absolute Gasteiger partial charge is 0.468 e. The van der Waals surface area contributed by atoms with E-state index in [0.717, 1.165) is 16.4 Å². The van der Waals surface area contributed by atoms with Crippen LogP contribution in [0.1, 0.15) is 25.1 Å². The van der Waals surface area contributed by atoms with Gasteiger partial charge in [0.05, 0.1) is 23.0 Å². The highest BCUT2D eigenvalue weighted by Gasteiger charge is 2.36. The Labute approximate surface area is 208 Å². The lowest BCUT2D eigenvalue weighted by Gasteiger charge is -2.10. The van der Waals surface area contributed by atoms with Crippen molar-refractivity contribution in [1.29, 1.82) is 0 Å². The third-order valence-corrected chi connectivity index (χ3v) is 5.58. The van der Waals surface area contributed by atoms with Crippen LogP contribution in [0.4, 0.5) is 18.9 Å². The van der Waals surface area contributed by atoms with E-state index in [2.05, 4.69) is 25.9 Å². The highest BCUT2D eigenvalue weighted by atomic mass is 19.4. The van der Waals surface area contributed by atoms with Crippen LogP contribution in [-0.2, 0) is 17.5 Å². The van der Waals surface area contributed by atoms with E-state index in [9.17, 15) is 18.0 Å². The fourth-order valence-corrected chi connectivity index (χ4v) is 3.82. The Morgan fingerprint density at radius 1 is 1.19 bits per heavy atom. The number of nitrogens with one attached hydrogen (secondary N) is 2. The number of ether oxygens (including phenoxy) is 1. The second-order valence-electron chi connectivity index (χ2n) is 8.50. The Balaban J connectivity index is 1.53. The van der Waals surface area contributed by atoms with Crippen molar-refractivity contribution in [2.75, 3.05) is 5.32 Å². The van der Waals surface area contributed by atoms with Crippen molar-refractivity contribution in [3.63, 3.8) is 0 Å². The molecule has 3 heterocycles. The van der Waals surface area contributed by atoms with Gasteiger partial charge < -0.3 is 25.5 Å². The molecule has 1 amide bonds. The van der Waals surface area contributed by atoms with Gasteiger partial charge in [-0.1, -0.05) is 18.2 Å². The summed E-state index contributed by atoms with van der Waals surface area (Å²) in [5.41, 5.74) is 6.56. The zero-order chi connectivity index (χ0) is 26.3. The monoisotopic (exact) mass is 513 g/mol. The van der Waals surface area contributed by atoms with E-state index in [1.165, 1.54) is 0 Å². The van der Waals surface area contributed by atoms with Gasteiger partial charge in [0.1, 0.15) is 5.69 Å². The van der Waals surface area contributed by atoms with Crippen molar-refractivity contribution in [1.82, 2.24) is 25.3 Å². The highest BCUT2D eigenvalue weighted by Crippen LogP contribution is 2.41. The van der Waals surface area contributed by atoms with E-state index in [4.69, 9.17) is 14.9 Å². The average Bonchev–Trinajstić information content (AvgIpc) is 3.59. The smallest absolute Gasteiger partial charge is 0.435 e. The van der Waals surface area contributed by atoms with Gasteiger partial charge in [-0.2, -0.15) is 18.3 Å². The summed E-state index contributed by atoms with van der Waals surface area (Å²) < 4.78 is 53.5. The minimum atomic E-state index is -4.71. The first-order chi connectivity index (χ1) is 17.6. The number of aromatic nitrogens is 4. The van der Waals surface area contributed by atoms with E-state index in [1.807, 2.05) is 13.0 Å². The number of benzene rings is 2. The number of nitrogens with zero attached hydrogens (tertiary/aromatic N) is 4. The number of rotatable bonds is 6. The van der Waals surface area contributed by atoms with Crippen LogP contribution in [0.15, 0.2) is 52.9 Å². The lowest BCUT2D eigenvalue weighted by molar-refractivity contribution is -0.141. The molecule has 0 spiro atoms. The number of alkyl halides is 3. The lowest BCUT2D eigenvalue weighted by Crippen LogP contribution is -2.37. The fourth-order valence-electron chi connectivity index (χ4n) is 3.82. The second-order valence-corrected chi connectivity index (χ2v) is 8.50. The molecule has 0 saturated heterocycles. The molecule has 10 nitrogen and oxygen atoms in total. The van der Waals surface area contributed by atoms with Crippen LogP contribution in [0.25, 0.3) is 28.7 Å². The van der Waals surface area contributed by atoms with Crippen molar-refractivity contribution in [3.05, 3.63) is 59.8 Å². The summed E-state index contributed by atoms with van der Waals surface area (Å²) in [6.45, 7) is 3.51. The number of para-hydroxylation sites is 1. The average molecular weight is 513 g/mol. The zero-order valence-corrected chi connectivity index (χ0v) is 19.7. The molecule has 2 aromatic carbocycles.